The van der Waals surface area contributed by atoms with Gasteiger partial charge < -0.3 is 15.2 Å². The van der Waals surface area contributed by atoms with Gasteiger partial charge in [-0.3, -0.25) is 4.99 Å². The van der Waals surface area contributed by atoms with Gasteiger partial charge in [0.15, 0.2) is 5.96 Å². The number of hydrogen-bond donors (Lipinski definition) is 2. The molecular formula is C24H33IN6. The van der Waals surface area contributed by atoms with E-state index in [1.807, 2.05) is 0 Å². The summed E-state index contributed by atoms with van der Waals surface area (Å²) in [5.74, 6) is 1.90. The van der Waals surface area contributed by atoms with Crippen LogP contribution in [0, 0.1) is 0 Å². The molecule has 1 saturated carbocycles. The van der Waals surface area contributed by atoms with E-state index in [4.69, 9.17) is 4.99 Å². The lowest BCUT2D eigenvalue weighted by Crippen LogP contribution is -2.43. The van der Waals surface area contributed by atoms with E-state index in [1.54, 1.807) is 6.33 Å². The van der Waals surface area contributed by atoms with Crippen LogP contribution in [0.1, 0.15) is 57.0 Å². The first-order valence-electron chi connectivity index (χ1n) is 11.2. The van der Waals surface area contributed by atoms with Crippen molar-refractivity contribution < 1.29 is 0 Å². The molecule has 1 atom stereocenters. The van der Waals surface area contributed by atoms with Crippen molar-refractivity contribution >= 4 is 40.7 Å². The number of rotatable bonds is 7. The first kappa shape index (κ1) is 23.5. The third-order valence-electron chi connectivity index (χ3n) is 5.95. The van der Waals surface area contributed by atoms with Gasteiger partial charge in [-0.15, -0.1) is 34.2 Å². The molecule has 3 aromatic rings. The molecule has 0 radical (unpaired) electrons. The van der Waals surface area contributed by atoms with Gasteiger partial charge >= 0.3 is 0 Å². The molecule has 0 amide bonds. The quantitative estimate of drug-likeness (QED) is 0.260. The van der Waals surface area contributed by atoms with E-state index in [-0.39, 0.29) is 30.0 Å². The highest BCUT2D eigenvalue weighted by atomic mass is 127. The molecular weight excluding hydrogens is 499 g/mol. The molecule has 2 aromatic carbocycles. The summed E-state index contributed by atoms with van der Waals surface area (Å²) >= 11 is 0. The minimum absolute atomic E-state index is 0. The Balaban J connectivity index is 0.00000272. The van der Waals surface area contributed by atoms with Crippen molar-refractivity contribution in [2.45, 2.75) is 64.6 Å². The smallest absolute Gasteiger partial charge is 0.192 e. The normalized spacial score (nSPS) is 15.6. The van der Waals surface area contributed by atoms with Crippen LogP contribution in [0.3, 0.4) is 0 Å². The van der Waals surface area contributed by atoms with Crippen molar-refractivity contribution in [3.63, 3.8) is 0 Å². The average Bonchev–Trinajstić information content (AvgIpc) is 3.45. The van der Waals surface area contributed by atoms with Crippen LogP contribution in [0.25, 0.3) is 10.8 Å². The van der Waals surface area contributed by atoms with Crippen LogP contribution in [-0.4, -0.2) is 33.3 Å². The van der Waals surface area contributed by atoms with Gasteiger partial charge in [0, 0.05) is 19.0 Å². The van der Waals surface area contributed by atoms with Gasteiger partial charge in [-0.25, -0.2) is 0 Å². The Morgan fingerprint density at radius 2 is 1.94 bits per heavy atom. The van der Waals surface area contributed by atoms with Gasteiger partial charge in [-0.05, 0) is 42.2 Å². The summed E-state index contributed by atoms with van der Waals surface area (Å²) < 4.78 is 2.09. The second-order valence-corrected chi connectivity index (χ2v) is 8.12. The number of aliphatic imine (C=N–C) groups is 1. The number of aromatic nitrogens is 3. The summed E-state index contributed by atoms with van der Waals surface area (Å²) in [6, 6.07) is 15.9. The Bertz CT molecular complexity index is 992. The standard InChI is InChI=1S/C24H32N6.HI/c1-3-23-29-26-17-30(23)15-14-25-24(28-22-10-6-7-11-22)27-18(2)20-13-12-19-8-4-5-9-21(19)16-20;/h4-5,8-9,12-13,16-18,22H,3,6-7,10-11,14-15H2,1-2H3,(H2,25,27,28);1H. The van der Waals surface area contributed by atoms with Crippen molar-refractivity contribution in [3.05, 3.63) is 60.2 Å². The molecule has 1 unspecified atom stereocenters. The molecule has 4 rings (SSSR count). The molecule has 0 aliphatic heterocycles. The predicted octanol–water partition coefficient (Wildman–Crippen LogP) is 4.85. The number of hydrogen-bond acceptors (Lipinski definition) is 3. The Kier molecular flexibility index (Phi) is 8.69. The number of nitrogens with zero attached hydrogens (tertiary/aromatic N) is 4. The van der Waals surface area contributed by atoms with E-state index in [1.165, 1.54) is 42.0 Å². The van der Waals surface area contributed by atoms with Crippen LogP contribution >= 0.6 is 24.0 Å². The van der Waals surface area contributed by atoms with Crippen LogP contribution in [0.5, 0.6) is 0 Å². The minimum atomic E-state index is 0. The molecule has 1 aliphatic rings. The molecule has 1 aliphatic carbocycles. The maximum Gasteiger partial charge on any atom is 0.192 e. The number of aryl methyl sites for hydroxylation is 1. The summed E-state index contributed by atoms with van der Waals surface area (Å²) in [6.07, 6.45) is 7.71. The number of fused-ring (bicyclic) bond motifs is 1. The fraction of sp³-hybridized carbons (Fsp3) is 0.458. The fourth-order valence-electron chi connectivity index (χ4n) is 4.17. The third-order valence-corrected chi connectivity index (χ3v) is 5.95. The zero-order valence-electron chi connectivity index (χ0n) is 18.4. The Hall–Kier alpha value is -2.16. The SMILES string of the molecule is CCc1nncn1CCN=C(NC1CCCC1)NC(C)c1ccc2ccccc2c1.I. The molecule has 0 bridgehead atoms. The summed E-state index contributed by atoms with van der Waals surface area (Å²) in [4.78, 5) is 4.88. The summed E-state index contributed by atoms with van der Waals surface area (Å²) in [5.41, 5.74) is 1.27. The third kappa shape index (κ3) is 6.18. The fourth-order valence-corrected chi connectivity index (χ4v) is 4.17. The zero-order valence-corrected chi connectivity index (χ0v) is 20.8. The maximum atomic E-state index is 4.88. The largest absolute Gasteiger partial charge is 0.354 e. The molecule has 166 valence electrons. The van der Waals surface area contributed by atoms with Crippen LogP contribution in [-0.2, 0) is 13.0 Å². The second kappa shape index (κ2) is 11.5. The van der Waals surface area contributed by atoms with E-state index in [9.17, 15) is 0 Å². The van der Waals surface area contributed by atoms with Crippen molar-refractivity contribution in [2.75, 3.05) is 6.54 Å². The van der Waals surface area contributed by atoms with Gasteiger partial charge in [0.2, 0.25) is 0 Å². The van der Waals surface area contributed by atoms with Crippen LogP contribution in [0.2, 0.25) is 0 Å². The Morgan fingerprint density at radius 1 is 1.16 bits per heavy atom. The Labute approximate surface area is 202 Å². The first-order valence-corrected chi connectivity index (χ1v) is 11.2. The lowest BCUT2D eigenvalue weighted by atomic mass is 10.0. The number of nitrogens with one attached hydrogen (secondary N) is 2. The van der Waals surface area contributed by atoms with Crippen molar-refractivity contribution in [1.82, 2.24) is 25.4 Å². The van der Waals surface area contributed by atoms with E-state index in [2.05, 4.69) is 81.7 Å². The highest BCUT2D eigenvalue weighted by Gasteiger charge is 2.17. The Morgan fingerprint density at radius 3 is 2.71 bits per heavy atom. The monoisotopic (exact) mass is 532 g/mol. The van der Waals surface area contributed by atoms with Gasteiger partial charge in [0.1, 0.15) is 12.2 Å². The zero-order chi connectivity index (χ0) is 20.8. The van der Waals surface area contributed by atoms with E-state index >= 15 is 0 Å². The van der Waals surface area contributed by atoms with Crippen LogP contribution < -0.4 is 10.6 Å². The minimum Gasteiger partial charge on any atom is -0.354 e. The highest BCUT2D eigenvalue weighted by Crippen LogP contribution is 2.21. The van der Waals surface area contributed by atoms with E-state index in [0.29, 0.717) is 12.6 Å². The summed E-state index contributed by atoms with van der Waals surface area (Å²) in [5, 5.41) is 18.0. The highest BCUT2D eigenvalue weighted by molar-refractivity contribution is 14.0. The first-order chi connectivity index (χ1) is 14.7. The number of halogens is 1. The summed E-state index contributed by atoms with van der Waals surface area (Å²) in [6.45, 7) is 5.78. The lowest BCUT2D eigenvalue weighted by Gasteiger charge is -2.22. The van der Waals surface area contributed by atoms with E-state index < -0.39 is 0 Å². The van der Waals surface area contributed by atoms with Crippen molar-refractivity contribution in [3.8, 4) is 0 Å². The molecule has 0 saturated heterocycles. The summed E-state index contributed by atoms with van der Waals surface area (Å²) in [7, 11) is 0. The molecule has 7 heteroatoms. The topological polar surface area (TPSA) is 67.1 Å². The van der Waals surface area contributed by atoms with Crippen LogP contribution in [0.4, 0.5) is 0 Å². The van der Waals surface area contributed by atoms with Crippen molar-refractivity contribution in [2.24, 2.45) is 4.99 Å². The molecule has 6 nitrogen and oxygen atoms in total. The lowest BCUT2D eigenvalue weighted by molar-refractivity contribution is 0.589. The molecule has 0 spiro atoms. The molecule has 1 aromatic heterocycles. The second-order valence-electron chi connectivity index (χ2n) is 8.12. The van der Waals surface area contributed by atoms with Gasteiger partial charge in [0.25, 0.3) is 0 Å². The van der Waals surface area contributed by atoms with Crippen LogP contribution in [0.15, 0.2) is 53.8 Å². The van der Waals surface area contributed by atoms with Gasteiger partial charge in [0.05, 0.1) is 12.6 Å². The number of benzene rings is 2. The molecule has 2 N–H and O–H groups in total. The molecule has 1 heterocycles. The number of guanidine groups is 1. The van der Waals surface area contributed by atoms with Gasteiger partial charge in [-0.1, -0.05) is 56.2 Å². The maximum absolute atomic E-state index is 4.88. The predicted molar refractivity (Wildman–Crippen MR) is 138 cm³/mol. The molecule has 1 fully saturated rings. The average molecular weight is 532 g/mol. The van der Waals surface area contributed by atoms with Crippen molar-refractivity contribution in [1.29, 1.82) is 0 Å². The van der Waals surface area contributed by atoms with Gasteiger partial charge in [-0.2, -0.15) is 0 Å². The molecule has 31 heavy (non-hydrogen) atoms. The van der Waals surface area contributed by atoms with E-state index in [0.717, 1.165) is 24.7 Å².